The molecule has 1 atom stereocenters. The van der Waals surface area contributed by atoms with Crippen LogP contribution in [0, 0.1) is 5.92 Å². The number of halogens is 2. The number of aliphatic hydroxyl groups excluding tert-OH is 1. The zero-order valence-electron chi connectivity index (χ0n) is 6.87. The number of pyridine rings is 1. The molecule has 1 heterocycles. The van der Waals surface area contributed by atoms with Gasteiger partial charge in [0.05, 0.1) is 6.10 Å². The van der Waals surface area contributed by atoms with E-state index in [1.807, 2.05) is 0 Å². The highest BCUT2D eigenvalue weighted by atomic mass is 35.5. The summed E-state index contributed by atoms with van der Waals surface area (Å²) in [5.41, 5.74) is 0.771. The van der Waals surface area contributed by atoms with Crippen LogP contribution in [0.1, 0.15) is 24.5 Å². The van der Waals surface area contributed by atoms with E-state index in [0.29, 0.717) is 16.2 Å². The zero-order valence-corrected chi connectivity index (χ0v) is 8.39. The van der Waals surface area contributed by atoms with Crippen LogP contribution >= 0.6 is 23.2 Å². The molecule has 0 amide bonds. The van der Waals surface area contributed by atoms with Crippen molar-refractivity contribution < 1.29 is 5.11 Å². The summed E-state index contributed by atoms with van der Waals surface area (Å²) in [6.45, 7) is 0. The molecule has 2 rings (SSSR count). The van der Waals surface area contributed by atoms with Crippen LogP contribution in [0.15, 0.2) is 12.1 Å². The van der Waals surface area contributed by atoms with Crippen LogP contribution in [0.4, 0.5) is 0 Å². The first-order valence-corrected chi connectivity index (χ1v) is 4.93. The van der Waals surface area contributed by atoms with E-state index in [1.54, 1.807) is 12.1 Å². The maximum atomic E-state index is 9.76. The highest BCUT2D eigenvalue weighted by Crippen LogP contribution is 2.41. The molecule has 1 unspecified atom stereocenters. The molecule has 70 valence electrons. The van der Waals surface area contributed by atoms with Gasteiger partial charge in [0.15, 0.2) is 0 Å². The second-order valence-electron chi connectivity index (χ2n) is 3.33. The van der Waals surface area contributed by atoms with Gasteiger partial charge in [-0.2, -0.15) is 0 Å². The Bertz CT molecular complexity index is 305. The largest absolute Gasteiger partial charge is 0.388 e. The minimum atomic E-state index is -0.432. The number of rotatable bonds is 2. The molecule has 1 N–H and O–H groups in total. The fourth-order valence-electron chi connectivity index (χ4n) is 1.34. The predicted molar refractivity (Wildman–Crippen MR) is 51.9 cm³/mol. The third-order valence-electron chi connectivity index (χ3n) is 2.20. The van der Waals surface area contributed by atoms with Gasteiger partial charge in [0, 0.05) is 0 Å². The van der Waals surface area contributed by atoms with Crippen LogP contribution in [0.25, 0.3) is 0 Å². The molecular formula is C9H9Cl2NO. The molecule has 2 nitrogen and oxygen atoms in total. The van der Waals surface area contributed by atoms with E-state index >= 15 is 0 Å². The number of hydrogen-bond donors (Lipinski definition) is 1. The lowest BCUT2D eigenvalue weighted by molar-refractivity contribution is 0.154. The molecule has 0 bridgehead atoms. The lowest BCUT2D eigenvalue weighted by Gasteiger charge is -2.09. The summed E-state index contributed by atoms with van der Waals surface area (Å²) < 4.78 is 0. The number of nitrogens with zero attached hydrogens (tertiary/aromatic N) is 1. The van der Waals surface area contributed by atoms with Gasteiger partial charge in [-0.1, -0.05) is 23.2 Å². The van der Waals surface area contributed by atoms with Crippen molar-refractivity contribution in [2.45, 2.75) is 18.9 Å². The Balaban J connectivity index is 2.27. The molecule has 1 fully saturated rings. The second-order valence-corrected chi connectivity index (χ2v) is 4.10. The van der Waals surface area contributed by atoms with Crippen LogP contribution in [0.5, 0.6) is 0 Å². The van der Waals surface area contributed by atoms with Gasteiger partial charge in [-0.15, -0.1) is 0 Å². The maximum absolute atomic E-state index is 9.76. The van der Waals surface area contributed by atoms with Crippen molar-refractivity contribution in [1.29, 1.82) is 0 Å². The fourth-order valence-corrected chi connectivity index (χ4v) is 1.82. The Morgan fingerprint density at radius 3 is 2.31 bits per heavy atom. The molecule has 13 heavy (non-hydrogen) atoms. The van der Waals surface area contributed by atoms with E-state index in [0.717, 1.165) is 18.4 Å². The van der Waals surface area contributed by atoms with Gasteiger partial charge in [-0.25, -0.2) is 4.98 Å². The first-order chi connectivity index (χ1) is 6.16. The van der Waals surface area contributed by atoms with Crippen molar-refractivity contribution in [1.82, 2.24) is 4.98 Å². The lowest BCUT2D eigenvalue weighted by Crippen LogP contribution is -1.99. The summed E-state index contributed by atoms with van der Waals surface area (Å²) in [4.78, 5) is 3.82. The van der Waals surface area contributed by atoms with Crippen LogP contribution in [-0.4, -0.2) is 10.1 Å². The highest BCUT2D eigenvalue weighted by Gasteiger charge is 2.31. The van der Waals surface area contributed by atoms with Crippen molar-refractivity contribution in [3.05, 3.63) is 28.0 Å². The van der Waals surface area contributed by atoms with Gasteiger partial charge < -0.3 is 5.11 Å². The van der Waals surface area contributed by atoms with Gasteiger partial charge in [-0.05, 0) is 36.5 Å². The lowest BCUT2D eigenvalue weighted by atomic mass is 10.1. The SMILES string of the molecule is OC(c1cc(Cl)nc(Cl)c1)C1CC1. The van der Waals surface area contributed by atoms with Crippen molar-refractivity contribution in [2.75, 3.05) is 0 Å². The van der Waals surface area contributed by atoms with Gasteiger partial charge in [0.1, 0.15) is 10.3 Å². The Morgan fingerprint density at radius 2 is 1.85 bits per heavy atom. The summed E-state index contributed by atoms with van der Waals surface area (Å²) >= 11 is 11.4. The summed E-state index contributed by atoms with van der Waals surface area (Å²) in [7, 11) is 0. The number of aromatic nitrogens is 1. The Morgan fingerprint density at radius 1 is 1.31 bits per heavy atom. The quantitative estimate of drug-likeness (QED) is 0.774. The fraction of sp³-hybridized carbons (Fsp3) is 0.444. The van der Waals surface area contributed by atoms with Crippen molar-refractivity contribution >= 4 is 23.2 Å². The predicted octanol–water partition coefficient (Wildman–Crippen LogP) is 2.83. The molecule has 0 spiro atoms. The van der Waals surface area contributed by atoms with E-state index in [9.17, 15) is 5.11 Å². The number of aliphatic hydroxyl groups is 1. The highest BCUT2D eigenvalue weighted by molar-refractivity contribution is 6.32. The Hall–Kier alpha value is -0.310. The summed E-state index contributed by atoms with van der Waals surface area (Å²) in [6, 6.07) is 3.33. The van der Waals surface area contributed by atoms with Gasteiger partial charge in [-0.3, -0.25) is 0 Å². The molecule has 1 aromatic heterocycles. The molecule has 1 aliphatic rings. The van der Waals surface area contributed by atoms with Gasteiger partial charge >= 0.3 is 0 Å². The average Bonchev–Trinajstić information content (AvgIpc) is 2.83. The van der Waals surface area contributed by atoms with E-state index in [-0.39, 0.29) is 0 Å². The molecular weight excluding hydrogens is 209 g/mol. The first-order valence-electron chi connectivity index (χ1n) is 4.18. The minimum absolute atomic E-state index is 0.335. The molecule has 1 aromatic rings. The van der Waals surface area contributed by atoms with Crippen molar-refractivity contribution in [2.24, 2.45) is 5.92 Å². The molecule has 1 saturated carbocycles. The summed E-state index contributed by atoms with van der Waals surface area (Å²) in [6.07, 6.45) is 1.73. The summed E-state index contributed by atoms with van der Waals surface area (Å²) in [5.74, 6) is 0.384. The average molecular weight is 218 g/mol. The zero-order chi connectivity index (χ0) is 9.42. The third kappa shape index (κ3) is 2.13. The monoisotopic (exact) mass is 217 g/mol. The van der Waals surface area contributed by atoms with Crippen molar-refractivity contribution in [3.8, 4) is 0 Å². The second kappa shape index (κ2) is 3.45. The normalized spacial score (nSPS) is 18.7. The molecule has 0 radical (unpaired) electrons. The molecule has 0 aromatic carbocycles. The van der Waals surface area contributed by atoms with E-state index in [1.165, 1.54) is 0 Å². The Kier molecular flexibility index (Phi) is 2.45. The standard InChI is InChI=1S/C9H9Cl2NO/c10-7-3-6(4-8(11)12-7)9(13)5-1-2-5/h3-5,9,13H,1-2H2. The maximum Gasteiger partial charge on any atom is 0.131 e. The van der Waals surface area contributed by atoms with E-state index < -0.39 is 6.10 Å². The van der Waals surface area contributed by atoms with E-state index in [4.69, 9.17) is 23.2 Å². The van der Waals surface area contributed by atoms with Crippen LogP contribution in [-0.2, 0) is 0 Å². The molecule has 0 saturated heterocycles. The van der Waals surface area contributed by atoms with Crippen LogP contribution in [0.3, 0.4) is 0 Å². The smallest absolute Gasteiger partial charge is 0.131 e. The summed E-state index contributed by atoms with van der Waals surface area (Å²) in [5, 5.41) is 10.4. The van der Waals surface area contributed by atoms with Gasteiger partial charge in [0.2, 0.25) is 0 Å². The van der Waals surface area contributed by atoms with Crippen LogP contribution < -0.4 is 0 Å². The minimum Gasteiger partial charge on any atom is -0.388 e. The topological polar surface area (TPSA) is 33.1 Å². The molecule has 0 aliphatic heterocycles. The first kappa shape index (κ1) is 9.25. The molecule has 1 aliphatic carbocycles. The Labute approximate surface area is 86.5 Å². The van der Waals surface area contributed by atoms with Crippen molar-refractivity contribution in [3.63, 3.8) is 0 Å². The van der Waals surface area contributed by atoms with Gasteiger partial charge in [0.25, 0.3) is 0 Å². The number of hydrogen-bond acceptors (Lipinski definition) is 2. The third-order valence-corrected chi connectivity index (χ3v) is 2.58. The van der Waals surface area contributed by atoms with Crippen LogP contribution in [0.2, 0.25) is 10.3 Å². The van der Waals surface area contributed by atoms with E-state index in [2.05, 4.69) is 4.98 Å². The molecule has 4 heteroatoms.